The number of carbonyl (C=O) groups excluding carboxylic acids is 1. The first-order chi connectivity index (χ1) is 20.2. The lowest BCUT2D eigenvalue weighted by molar-refractivity contribution is 0.0957. The van der Waals surface area contributed by atoms with Crippen LogP contribution >= 0.6 is 0 Å². The average Bonchev–Trinajstić information content (AvgIpc) is 2.98. The molecule has 1 heterocycles. The third-order valence-corrected chi connectivity index (χ3v) is 7.01. The average molecular weight is 578 g/mol. The van der Waals surface area contributed by atoms with Crippen molar-refractivity contribution in [2.45, 2.75) is 12.5 Å². The summed E-state index contributed by atoms with van der Waals surface area (Å²) in [4.78, 5) is 27.3. The van der Waals surface area contributed by atoms with Crippen LogP contribution in [0, 0.1) is 23.5 Å². The summed E-state index contributed by atoms with van der Waals surface area (Å²) < 4.78 is 33.1. The van der Waals surface area contributed by atoms with Gasteiger partial charge in [-0.2, -0.15) is 0 Å². The van der Waals surface area contributed by atoms with Gasteiger partial charge in [-0.15, -0.1) is 0 Å². The Bertz CT molecular complexity index is 1390. The molecule has 42 heavy (non-hydrogen) atoms. The van der Waals surface area contributed by atoms with E-state index in [0.29, 0.717) is 29.5 Å². The molecule has 0 saturated carbocycles. The fourth-order valence-corrected chi connectivity index (χ4v) is 4.80. The summed E-state index contributed by atoms with van der Waals surface area (Å²) >= 11 is 0. The Morgan fingerprint density at radius 3 is 2.10 bits per heavy atom. The van der Waals surface area contributed by atoms with Crippen molar-refractivity contribution >= 4 is 12.0 Å². The summed E-state index contributed by atoms with van der Waals surface area (Å²) in [5.74, 6) is 10.1. The van der Waals surface area contributed by atoms with Crippen molar-refractivity contribution in [2.75, 3.05) is 45.9 Å². The standard InChI is InChI=1S/C31H33F2N5O4/c32-25-9-5-23(6-10-25)29(24-7-11-26(33)12-8-24)37-17-15-36(16-18-37)19-20-42-28-13-4-22(21-27(28)30(34)39)3-1-2-14-38(35)31(40)41/h4-13,21,29H,2,14-20,35H2,(H2,34,39)(H,40,41). The molecule has 2 amide bonds. The fraction of sp³-hybridized carbons (Fsp3) is 0.290. The second-order valence-electron chi connectivity index (χ2n) is 9.83. The van der Waals surface area contributed by atoms with Crippen molar-refractivity contribution in [1.82, 2.24) is 14.8 Å². The van der Waals surface area contributed by atoms with E-state index in [-0.39, 0.29) is 36.2 Å². The van der Waals surface area contributed by atoms with E-state index < -0.39 is 12.0 Å². The number of carboxylic acid groups (broad SMARTS) is 1. The number of ether oxygens (including phenoxy) is 1. The van der Waals surface area contributed by atoms with Crippen molar-refractivity contribution in [2.24, 2.45) is 11.6 Å². The number of halogens is 2. The van der Waals surface area contributed by atoms with Gasteiger partial charge in [0.1, 0.15) is 24.0 Å². The summed E-state index contributed by atoms with van der Waals surface area (Å²) in [7, 11) is 0. The van der Waals surface area contributed by atoms with Crippen molar-refractivity contribution in [3.8, 4) is 17.6 Å². The maximum atomic E-state index is 13.6. The molecule has 1 fully saturated rings. The van der Waals surface area contributed by atoms with Gasteiger partial charge in [-0.25, -0.2) is 24.4 Å². The van der Waals surface area contributed by atoms with Gasteiger partial charge in [0, 0.05) is 44.7 Å². The van der Waals surface area contributed by atoms with Gasteiger partial charge >= 0.3 is 6.09 Å². The smallest absolute Gasteiger partial charge is 0.421 e. The summed E-state index contributed by atoms with van der Waals surface area (Å²) in [6.07, 6.45) is -1.01. The number of piperazine rings is 1. The molecular weight excluding hydrogens is 544 g/mol. The monoisotopic (exact) mass is 577 g/mol. The minimum Gasteiger partial charge on any atom is -0.491 e. The van der Waals surface area contributed by atoms with E-state index in [1.165, 1.54) is 24.3 Å². The Morgan fingerprint density at radius 2 is 1.55 bits per heavy atom. The largest absolute Gasteiger partial charge is 0.491 e. The Kier molecular flexibility index (Phi) is 10.4. The number of nitrogens with zero attached hydrogens (tertiary/aromatic N) is 3. The number of benzene rings is 3. The Morgan fingerprint density at radius 1 is 0.952 bits per heavy atom. The second-order valence-corrected chi connectivity index (χ2v) is 9.83. The molecule has 3 aromatic rings. The molecule has 1 aliphatic rings. The molecule has 0 aliphatic carbocycles. The topological polar surface area (TPSA) is 125 Å². The van der Waals surface area contributed by atoms with Gasteiger partial charge in [0.25, 0.3) is 5.91 Å². The number of hydrogen-bond acceptors (Lipinski definition) is 6. The van der Waals surface area contributed by atoms with Crippen LogP contribution in [0.25, 0.3) is 0 Å². The summed E-state index contributed by atoms with van der Waals surface area (Å²) in [5, 5.41) is 9.43. The minimum atomic E-state index is -1.24. The van der Waals surface area contributed by atoms with E-state index in [0.717, 1.165) is 37.3 Å². The normalized spacial score (nSPS) is 13.8. The Balaban J connectivity index is 1.32. The van der Waals surface area contributed by atoms with Crippen molar-refractivity contribution in [1.29, 1.82) is 0 Å². The first kappa shape index (κ1) is 30.5. The summed E-state index contributed by atoms with van der Waals surface area (Å²) in [6, 6.07) is 17.6. The lowest BCUT2D eigenvalue weighted by Gasteiger charge is -2.39. The maximum Gasteiger partial charge on any atom is 0.421 e. The second kappa shape index (κ2) is 14.4. The Labute approximate surface area is 243 Å². The van der Waals surface area contributed by atoms with E-state index in [9.17, 15) is 18.4 Å². The highest BCUT2D eigenvalue weighted by Gasteiger charge is 2.26. The van der Waals surface area contributed by atoms with Crippen LogP contribution in [0.1, 0.15) is 39.5 Å². The van der Waals surface area contributed by atoms with Crippen molar-refractivity contribution in [3.63, 3.8) is 0 Å². The van der Waals surface area contributed by atoms with Gasteiger partial charge in [0.2, 0.25) is 0 Å². The molecule has 0 radical (unpaired) electrons. The molecule has 220 valence electrons. The third kappa shape index (κ3) is 8.27. The molecule has 1 saturated heterocycles. The zero-order valence-corrected chi connectivity index (χ0v) is 23.0. The first-order valence-electron chi connectivity index (χ1n) is 13.5. The van der Waals surface area contributed by atoms with E-state index in [4.69, 9.17) is 21.4 Å². The molecule has 0 aromatic heterocycles. The van der Waals surface area contributed by atoms with Gasteiger partial charge in [0.05, 0.1) is 18.2 Å². The molecule has 0 atom stereocenters. The predicted octanol–water partition coefficient (Wildman–Crippen LogP) is 3.45. The van der Waals surface area contributed by atoms with Gasteiger partial charge in [-0.05, 0) is 53.6 Å². The van der Waals surface area contributed by atoms with E-state index >= 15 is 0 Å². The molecule has 11 heteroatoms. The van der Waals surface area contributed by atoms with Crippen LogP contribution in [0.4, 0.5) is 13.6 Å². The highest BCUT2D eigenvalue weighted by atomic mass is 19.1. The number of carbonyl (C=O) groups is 2. The van der Waals surface area contributed by atoms with Gasteiger partial charge in [0.15, 0.2) is 0 Å². The van der Waals surface area contributed by atoms with Crippen LogP contribution in [-0.2, 0) is 0 Å². The SMILES string of the molecule is NC(=O)c1cc(C#CCCN(N)C(=O)O)ccc1OCCN1CCN(C(c2ccc(F)cc2)c2ccc(F)cc2)CC1. The van der Waals surface area contributed by atoms with E-state index in [2.05, 4.69) is 21.6 Å². The number of primary amides is 1. The van der Waals surface area contributed by atoms with Gasteiger partial charge in [-0.3, -0.25) is 14.6 Å². The maximum absolute atomic E-state index is 13.6. The molecule has 4 rings (SSSR count). The zero-order chi connectivity index (χ0) is 30.1. The van der Waals surface area contributed by atoms with Crippen LogP contribution in [0.3, 0.4) is 0 Å². The molecule has 1 aliphatic heterocycles. The highest BCUT2D eigenvalue weighted by molar-refractivity contribution is 5.96. The lowest BCUT2D eigenvalue weighted by atomic mass is 9.96. The van der Waals surface area contributed by atoms with E-state index in [1.807, 2.05) is 0 Å². The van der Waals surface area contributed by atoms with Crippen molar-refractivity contribution < 1.29 is 28.2 Å². The molecule has 9 nitrogen and oxygen atoms in total. The van der Waals surface area contributed by atoms with Gasteiger partial charge < -0.3 is 15.6 Å². The molecule has 5 N–H and O–H groups in total. The molecule has 3 aromatic carbocycles. The third-order valence-electron chi connectivity index (χ3n) is 7.01. The Hall–Kier alpha value is -4.50. The van der Waals surface area contributed by atoms with Crippen molar-refractivity contribution in [3.05, 3.63) is 101 Å². The first-order valence-corrected chi connectivity index (χ1v) is 13.5. The summed E-state index contributed by atoms with van der Waals surface area (Å²) in [6.45, 7) is 4.04. The number of hydrogen-bond donors (Lipinski definition) is 3. The lowest BCUT2D eigenvalue weighted by Crippen LogP contribution is -2.48. The predicted molar refractivity (Wildman–Crippen MR) is 154 cm³/mol. The van der Waals surface area contributed by atoms with Crippen LogP contribution in [0.5, 0.6) is 5.75 Å². The molecular formula is C31H33F2N5O4. The summed E-state index contributed by atoms with van der Waals surface area (Å²) in [5.41, 5.74) is 8.20. The van der Waals surface area contributed by atoms with E-state index in [1.54, 1.807) is 42.5 Å². The molecule has 0 unspecified atom stereocenters. The number of nitrogens with two attached hydrogens (primary N) is 2. The quantitative estimate of drug-likeness (QED) is 0.146. The zero-order valence-electron chi connectivity index (χ0n) is 23.0. The number of hydrazine groups is 1. The van der Waals surface area contributed by atoms with Crippen LogP contribution < -0.4 is 16.3 Å². The molecule has 0 bridgehead atoms. The molecule has 0 spiro atoms. The van der Waals surface area contributed by atoms with Gasteiger partial charge in [-0.1, -0.05) is 36.1 Å². The number of amides is 2. The van der Waals surface area contributed by atoms with Crippen LogP contribution in [-0.4, -0.2) is 77.8 Å². The van der Waals surface area contributed by atoms with Crippen LogP contribution in [0.2, 0.25) is 0 Å². The number of rotatable bonds is 10. The van der Waals surface area contributed by atoms with Crippen LogP contribution in [0.15, 0.2) is 66.7 Å². The minimum absolute atomic E-state index is 0.0552. The fourth-order valence-electron chi connectivity index (χ4n) is 4.80. The highest BCUT2D eigenvalue weighted by Crippen LogP contribution is 2.30.